The molecule has 0 unspecified atom stereocenters. The summed E-state index contributed by atoms with van der Waals surface area (Å²) in [5.74, 6) is 0.900. The Hall–Kier alpha value is -2.82. The van der Waals surface area contributed by atoms with Gasteiger partial charge in [0.25, 0.3) is 0 Å². The summed E-state index contributed by atoms with van der Waals surface area (Å²) in [4.78, 5) is 19.5. The maximum Gasteiger partial charge on any atom is 0.236 e. The lowest BCUT2D eigenvalue weighted by molar-refractivity contribution is -0.132. The van der Waals surface area contributed by atoms with Crippen molar-refractivity contribution in [2.45, 2.75) is 12.8 Å². The molecule has 1 saturated heterocycles. The highest BCUT2D eigenvalue weighted by molar-refractivity contribution is 7.92. The molecular weight excluding hydrogens is 436 g/mol. The molecule has 0 saturated carbocycles. The lowest BCUT2D eigenvalue weighted by Crippen LogP contribution is -2.50. The number of benzene rings is 1. The van der Waals surface area contributed by atoms with Crippen LogP contribution in [0.2, 0.25) is 0 Å². The van der Waals surface area contributed by atoms with Crippen LogP contribution in [-0.2, 0) is 21.2 Å². The average molecular weight is 459 g/mol. The lowest BCUT2D eigenvalue weighted by Gasteiger charge is -2.33. The highest BCUT2D eigenvalue weighted by Crippen LogP contribution is 2.21. The van der Waals surface area contributed by atoms with Gasteiger partial charge in [-0.2, -0.15) is 9.29 Å². The molecule has 0 aliphatic carbocycles. The van der Waals surface area contributed by atoms with Crippen LogP contribution in [-0.4, -0.2) is 59.8 Å². The summed E-state index contributed by atoms with van der Waals surface area (Å²) in [5.41, 5.74) is 0.822. The van der Waals surface area contributed by atoms with Crippen molar-refractivity contribution >= 4 is 33.3 Å². The minimum absolute atomic E-state index is 0.0484. The molecule has 0 atom stereocenters. The molecule has 162 valence electrons. The zero-order valence-corrected chi connectivity index (χ0v) is 18.4. The first kappa shape index (κ1) is 21.4. The van der Waals surface area contributed by atoms with Gasteiger partial charge in [0.15, 0.2) is 0 Å². The highest BCUT2D eigenvalue weighted by Gasteiger charge is 2.27. The minimum Gasteiger partial charge on any atom is -0.340 e. The number of thiophene rings is 1. The van der Waals surface area contributed by atoms with Crippen molar-refractivity contribution in [2.24, 2.45) is 0 Å². The number of hydrogen-bond donors (Lipinski definition) is 0. The molecule has 0 N–H and O–H groups in total. The first-order chi connectivity index (χ1) is 15.0. The van der Waals surface area contributed by atoms with Crippen LogP contribution in [0.1, 0.15) is 17.9 Å². The number of amides is 1. The maximum atomic E-state index is 12.6. The van der Waals surface area contributed by atoms with Crippen LogP contribution >= 0.6 is 11.3 Å². The maximum absolute atomic E-state index is 12.6. The topological polar surface area (TPSA) is 96.6 Å². The zero-order valence-electron chi connectivity index (χ0n) is 16.8. The number of sulfonamides is 1. The second-order valence-corrected chi connectivity index (χ2v) is 9.79. The van der Waals surface area contributed by atoms with Crippen molar-refractivity contribution < 1.29 is 17.7 Å². The fourth-order valence-corrected chi connectivity index (χ4v) is 5.06. The van der Waals surface area contributed by atoms with Gasteiger partial charge in [-0.1, -0.05) is 41.6 Å². The Labute approximate surface area is 184 Å². The molecule has 4 rings (SSSR count). The van der Waals surface area contributed by atoms with E-state index in [0.717, 1.165) is 10.4 Å². The van der Waals surface area contributed by atoms with E-state index in [1.54, 1.807) is 11.0 Å². The second kappa shape index (κ2) is 9.54. The Morgan fingerprint density at radius 3 is 2.58 bits per heavy atom. The van der Waals surface area contributed by atoms with Gasteiger partial charge in [0.2, 0.25) is 27.6 Å². The predicted octanol–water partition coefficient (Wildman–Crippen LogP) is 2.88. The molecule has 1 aliphatic rings. The number of piperazine rings is 1. The quantitative estimate of drug-likeness (QED) is 0.540. The molecule has 0 bridgehead atoms. The van der Waals surface area contributed by atoms with Crippen LogP contribution in [0.5, 0.6) is 0 Å². The van der Waals surface area contributed by atoms with Gasteiger partial charge in [0, 0.05) is 44.4 Å². The molecular formula is C21H22N4O4S2. The number of aryl methyl sites for hydroxylation is 1. The molecule has 0 radical (unpaired) electrons. The molecule has 1 fully saturated rings. The Morgan fingerprint density at radius 1 is 1.10 bits per heavy atom. The van der Waals surface area contributed by atoms with Gasteiger partial charge in [-0.05, 0) is 23.1 Å². The van der Waals surface area contributed by atoms with Gasteiger partial charge in [-0.25, -0.2) is 8.42 Å². The predicted molar refractivity (Wildman–Crippen MR) is 118 cm³/mol. The van der Waals surface area contributed by atoms with Gasteiger partial charge < -0.3 is 9.42 Å². The lowest BCUT2D eigenvalue weighted by atomic mass is 10.2. The monoisotopic (exact) mass is 458 g/mol. The number of nitrogens with zero attached hydrogens (tertiary/aromatic N) is 4. The number of carbonyl (C=O) groups is 1. The Kier molecular flexibility index (Phi) is 6.59. The van der Waals surface area contributed by atoms with Gasteiger partial charge >= 0.3 is 0 Å². The molecule has 1 aliphatic heterocycles. The molecule has 0 spiro atoms. The average Bonchev–Trinajstić information content (AvgIpc) is 3.49. The molecule has 1 aromatic carbocycles. The smallest absolute Gasteiger partial charge is 0.236 e. The van der Waals surface area contributed by atoms with E-state index in [2.05, 4.69) is 10.1 Å². The van der Waals surface area contributed by atoms with Crippen molar-refractivity contribution in [2.75, 3.05) is 26.2 Å². The number of rotatable bonds is 7. The van der Waals surface area contributed by atoms with E-state index in [1.165, 1.54) is 21.1 Å². The van der Waals surface area contributed by atoms with Crippen LogP contribution < -0.4 is 0 Å². The van der Waals surface area contributed by atoms with E-state index in [-0.39, 0.29) is 25.4 Å². The molecule has 3 heterocycles. The fraction of sp³-hybridized carbons (Fsp3) is 0.286. The third kappa shape index (κ3) is 5.46. The molecule has 10 heteroatoms. The van der Waals surface area contributed by atoms with Gasteiger partial charge in [0.1, 0.15) is 0 Å². The van der Waals surface area contributed by atoms with Crippen molar-refractivity contribution in [1.29, 1.82) is 0 Å². The van der Waals surface area contributed by atoms with Gasteiger partial charge in [0.05, 0.1) is 4.88 Å². The van der Waals surface area contributed by atoms with Crippen molar-refractivity contribution in [1.82, 2.24) is 19.3 Å². The largest absolute Gasteiger partial charge is 0.340 e. The third-order valence-electron chi connectivity index (χ3n) is 4.95. The van der Waals surface area contributed by atoms with Crippen LogP contribution in [0.3, 0.4) is 0 Å². The Morgan fingerprint density at radius 2 is 1.87 bits per heavy atom. The van der Waals surface area contributed by atoms with Crippen molar-refractivity contribution in [3.8, 4) is 10.7 Å². The first-order valence-corrected chi connectivity index (χ1v) is 12.3. The first-order valence-electron chi connectivity index (χ1n) is 9.89. The Balaban J connectivity index is 1.26. The SMILES string of the molecule is O=C(CCc1nc(-c2cccs2)no1)N1CCN(S(=O)(=O)/C=C/c2ccccc2)CC1. The number of hydrogen-bond acceptors (Lipinski definition) is 7. The summed E-state index contributed by atoms with van der Waals surface area (Å²) in [6.45, 7) is 1.27. The Bertz CT molecular complexity index is 1130. The van der Waals surface area contributed by atoms with E-state index in [1.807, 2.05) is 47.8 Å². The van der Waals surface area contributed by atoms with Crippen molar-refractivity contribution in [3.63, 3.8) is 0 Å². The summed E-state index contributed by atoms with van der Waals surface area (Å²) in [5, 5.41) is 7.10. The highest BCUT2D eigenvalue weighted by atomic mass is 32.2. The van der Waals surface area contributed by atoms with Crippen LogP contribution in [0, 0.1) is 0 Å². The van der Waals surface area contributed by atoms with Crippen molar-refractivity contribution in [3.05, 3.63) is 64.7 Å². The number of carbonyl (C=O) groups excluding carboxylic acids is 1. The minimum atomic E-state index is -3.52. The third-order valence-corrected chi connectivity index (χ3v) is 7.38. The van der Waals surface area contributed by atoms with E-state index in [0.29, 0.717) is 31.2 Å². The van der Waals surface area contributed by atoms with Crippen LogP contribution in [0.25, 0.3) is 16.8 Å². The molecule has 1 amide bonds. The molecule has 8 nitrogen and oxygen atoms in total. The normalized spacial score (nSPS) is 15.5. The van der Waals surface area contributed by atoms with E-state index in [9.17, 15) is 13.2 Å². The van der Waals surface area contributed by atoms with E-state index in [4.69, 9.17) is 4.52 Å². The standard InChI is InChI=1S/C21H22N4O4S2/c26-20(9-8-19-22-21(23-29-19)18-7-4-15-30-18)24-11-13-25(14-12-24)31(27,28)16-10-17-5-2-1-3-6-17/h1-7,10,15-16H,8-9,11-14H2/b16-10+. The van der Waals surface area contributed by atoms with Crippen LogP contribution in [0.4, 0.5) is 0 Å². The van der Waals surface area contributed by atoms with Gasteiger partial charge in [-0.3, -0.25) is 4.79 Å². The molecule has 3 aromatic rings. The molecule has 2 aromatic heterocycles. The van der Waals surface area contributed by atoms with Crippen LogP contribution in [0.15, 0.2) is 57.8 Å². The summed E-state index contributed by atoms with van der Waals surface area (Å²) >= 11 is 1.52. The van der Waals surface area contributed by atoms with Gasteiger partial charge in [-0.15, -0.1) is 11.3 Å². The summed E-state index contributed by atoms with van der Waals surface area (Å²) in [6, 6.07) is 13.1. The zero-order chi connectivity index (χ0) is 21.7. The number of aromatic nitrogens is 2. The second-order valence-electron chi connectivity index (χ2n) is 7.03. The summed E-state index contributed by atoms with van der Waals surface area (Å²) < 4.78 is 31.7. The van der Waals surface area contributed by atoms with E-state index >= 15 is 0 Å². The van der Waals surface area contributed by atoms with E-state index < -0.39 is 10.0 Å². The summed E-state index contributed by atoms with van der Waals surface area (Å²) in [6.07, 6.45) is 2.18. The molecule has 31 heavy (non-hydrogen) atoms. The fourth-order valence-electron chi connectivity index (χ4n) is 3.24. The summed E-state index contributed by atoms with van der Waals surface area (Å²) in [7, 11) is -3.52.